The van der Waals surface area contributed by atoms with Crippen LogP contribution in [0.25, 0.3) is 0 Å². The highest BCUT2D eigenvalue weighted by atomic mass is 16.2. The maximum Gasteiger partial charge on any atom is 0.243 e. The fraction of sp³-hybridized carbons (Fsp3) is 0.714. The van der Waals surface area contributed by atoms with Gasteiger partial charge in [-0.2, -0.15) is 0 Å². The summed E-state index contributed by atoms with van der Waals surface area (Å²) < 4.78 is 0. The number of hydrogen-bond donors (Lipinski definition) is 0. The molecule has 1 aliphatic heterocycles. The molecule has 4 nitrogen and oxygen atoms in total. The molecule has 2 amide bonds. The molecule has 1 rings (SSSR count). The molecule has 0 aromatic carbocycles. The molecule has 11 heavy (non-hydrogen) atoms. The highest BCUT2D eigenvalue weighted by molar-refractivity contribution is 5.95. The van der Waals surface area contributed by atoms with Crippen LogP contribution in [0.5, 0.6) is 0 Å². The number of imide groups is 1. The van der Waals surface area contributed by atoms with Gasteiger partial charge >= 0.3 is 0 Å². The van der Waals surface area contributed by atoms with Gasteiger partial charge in [0.2, 0.25) is 11.8 Å². The second kappa shape index (κ2) is 3.00. The van der Waals surface area contributed by atoms with E-state index in [1.165, 1.54) is 11.8 Å². The summed E-state index contributed by atoms with van der Waals surface area (Å²) in [5.74, 6) is -0.241. The second-order valence-electron chi connectivity index (χ2n) is 2.80. The van der Waals surface area contributed by atoms with E-state index in [1.807, 2.05) is 11.9 Å². The van der Waals surface area contributed by atoms with Gasteiger partial charge in [-0.3, -0.25) is 19.4 Å². The molecule has 1 saturated heterocycles. The maximum atomic E-state index is 11.1. The molecule has 0 N–H and O–H groups in total. The van der Waals surface area contributed by atoms with E-state index in [0.29, 0.717) is 13.1 Å². The van der Waals surface area contributed by atoms with Gasteiger partial charge in [0, 0.05) is 20.0 Å². The molecular formula is C7H12N2O2. The number of likely N-dealkylation sites (N-methyl/N-ethyl adjacent to an activating group) is 1. The van der Waals surface area contributed by atoms with Crippen molar-refractivity contribution >= 4 is 11.8 Å². The van der Waals surface area contributed by atoms with E-state index in [-0.39, 0.29) is 11.8 Å². The van der Waals surface area contributed by atoms with E-state index in [4.69, 9.17) is 0 Å². The molecule has 0 aromatic rings. The van der Waals surface area contributed by atoms with Crippen LogP contribution in [0.15, 0.2) is 0 Å². The Kier molecular flexibility index (Phi) is 2.24. The summed E-state index contributed by atoms with van der Waals surface area (Å²) in [7, 11) is 1.87. The van der Waals surface area contributed by atoms with Crippen LogP contribution in [0.2, 0.25) is 0 Å². The quantitative estimate of drug-likeness (QED) is 0.466. The lowest BCUT2D eigenvalue weighted by Crippen LogP contribution is -2.50. The zero-order valence-corrected chi connectivity index (χ0v) is 6.83. The van der Waals surface area contributed by atoms with Crippen molar-refractivity contribution in [1.29, 1.82) is 0 Å². The van der Waals surface area contributed by atoms with Gasteiger partial charge in [-0.1, -0.05) is 0 Å². The zero-order valence-electron chi connectivity index (χ0n) is 6.83. The molecule has 0 radical (unpaired) electrons. The SMILES string of the molecule is CC(=O)N1CCN(C)CC1=O. The van der Waals surface area contributed by atoms with Crippen LogP contribution in [0, 0.1) is 0 Å². The Morgan fingerprint density at radius 3 is 2.55 bits per heavy atom. The Balaban J connectivity index is 2.58. The van der Waals surface area contributed by atoms with E-state index >= 15 is 0 Å². The van der Waals surface area contributed by atoms with Crippen molar-refractivity contribution in [2.75, 3.05) is 26.7 Å². The standard InChI is InChI=1S/C7H12N2O2/c1-6(10)9-4-3-8(2)5-7(9)11/h3-5H2,1-2H3. The first kappa shape index (κ1) is 8.20. The molecule has 1 fully saturated rings. The number of rotatable bonds is 0. The number of piperazine rings is 1. The van der Waals surface area contributed by atoms with Gasteiger partial charge < -0.3 is 0 Å². The van der Waals surface area contributed by atoms with Crippen molar-refractivity contribution in [2.45, 2.75) is 6.92 Å². The Morgan fingerprint density at radius 1 is 1.45 bits per heavy atom. The molecular weight excluding hydrogens is 144 g/mol. The first-order valence-electron chi connectivity index (χ1n) is 3.60. The summed E-state index contributed by atoms with van der Waals surface area (Å²) >= 11 is 0. The first-order chi connectivity index (χ1) is 5.11. The fourth-order valence-corrected chi connectivity index (χ4v) is 1.12. The largest absolute Gasteiger partial charge is 0.296 e. The number of carbonyl (C=O) groups is 2. The van der Waals surface area contributed by atoms with E-state index in [2.05, 4.69) is 0 Å². The summed E-state index contributed by atoms with van der Waals surface area (Å²) in [5, 5.41) is 0. The fourth-order valence-electron chi connectivity index (χ4n) is 1.12. The van der Waals surface area contributed by atoms with Gasteiger partial charge in [-0.15, -0.1) is 0 Å². The monoisotopic (exact) mass is 156 g/mol. The highest BCUT2D eigenvalue weighted by Crippen LogP contribution is 2.00. The van der Waals surface area contributed by atoms with Crippen molar-refractivity contribution in [2.24, 2.45) is 0 Å². The molecule has 62 valence electrons. The maximum absolute atomic E-state index is 11.1. The molecule has 0 spiro atoms. The third kappa shape index (κ3) is 1.77. The third-order valence-electron chi connectivity index (χ3n) is 1.79. The number of hydrogen-bond acceptors (Lipinski definition) is 3. The van der Waals surface area contributed by atoms with E-state index in [0.717, 1.165) is 6.54 Å². The average molecular weight is 156 g/mol. The molecule has 4 heteroatoms. The molecule has 1 heterocycles. The number of nitrogens with zero attached hydrogens (tertiary/aromatic N) is 2. The second-order valence-corrected chi connectivity index (χ2v) is 2.80. The van der Waals surface area contributed by atoms with Crippen LogP contribution in [0.1, 0.15) is 6.92 Å². The summed E-state index contributed by atoms with van der Waals surface area (Å²) in [6.07, 6.45) is 0. The van der Waals surface area contributed by atoms with Gasteiger partial charge in [0.05, 0.1) is 6.54 Å². The van der Waals surface area contributed by atoms with Crippen LogP contribution in [-0.2, 0) is 9.59 Å². The predicted octanol–water partition coefficient (Wildman–Crippen LogP) is -0.693. The smallest absolute Gasteiger partial charge is 0.243 e. The molecule has 0 atom stereocenters. The molecule has 0 aromatic heterocycles. The van der Waals surface area contributed by atoms with Crippen LogP contribution in [-0.4, -0.2) is 48.3 Å². The van der Waals surface area contributed by atoms with Crippen molar-refractivity contribution in [3.05, 3.63) is 0 Å². The van der Waals surface area contributed by atoms with E-state index < -0.39 is 0 Å². The van der Waals surface area contributed by atoms with Crippen LogP contribution in [0.3, 0.4) is 0 Å². The Bertz CT molecular complexity index is 191. The number of carbonyl (C=O) groups excluding carboxylic acids is 2. The van der Waals surface area contributed by atoms with Gasteiger partial charge in [-0.25, -0.2) is 0 Å². The minimum absolute atomic E-state index is 0.0914. The summed E-state index contributed by atoms with van der Waals surface area (Å²) in [6, 6.07) is 0. The van der Waals surface area contributed by atoms with Crippen molar-refractivity contribution in [3.63, 3.8) is 0 Å². The van der Waals surface area contributed by atoms with E-state index in [1.54, 1.807) is 0 Å². The lowest BCUT2D eigenvalue weighted by molar-refractivity contribution is -0.146. The zero-order chi connectivity index (χ0) is 8.43. The molecule has 0 aliphatic carbocycles. The normalized spacial score (nSPS) is 20.5. The van der Waals surface area contributed by atoms with Crippen LogP contribution >= 0.6 is 0 Å². The van der Waals surface area contributed by atoms with Gasteiger partial charge in [0.1, 0.15) is 0 Å². The van der Waals surface area contributed by atoms with E-state index in [9.17, 15) is 9.59 Å². The minimum Gasteiger partial charge on any atom is -0.296 e. The van der Waals surface area contributed by atoms with Crippen LogP contribution < -0.4 is 0 Å². The Labute approximate surface area is 65.8 Å². The Morgan fingerprint density at radius 2 is 2.09 bits per heavy atom. The first-order valence-corrected chi connectivity index (χ1v) is 3.60. The highest BCUT2D eigenvalue weighted by Gasteiger charge is 2.23. The molecule has 0 bridgehead atoms. The van der Waals surface area contributed by atoms with Crippen molar-refractivity contribution in [1.82, 2.24) is 9.80 Å². The Hall–Kier alpha value is -0.900. The third-order valence-corrected chi connectivity index (χ3v) is 1.79. The lowest BCUT2D eigenvalue weighted by atomic mass is 10.3. The number of amides is 2. The predicted molar refractivity (Wildman–Crippen MR) is 39.9 cm³/mol. The summed E-state index contributed by atoms with van der Waals surface area (Å²) in [5.41, 5.74) is 0. The molecule has 0 saturated carbocycles. The van der Waals surface area contributed by atoms with Crippen LogP contribution in [0.4, 0.5) is 0 Å². The lowest BCUT2D eigenvalue weighted by Gasteiger charge is -2.29. The van der Waals surface area contributed by atoms with Gasteiger partial charge in [0.15, 0.2) is 0 Å². The summed E-state index contributed by atoms with van der Waals surface area (Å²) in [6.45, 7) is 3.10. The average Bonchev–Trinajstić information content (AvgIpc) is 1.85. The molecule has 0 unspecified atom stereocenters. The minimum atomic E-state index is -0.150. The topological polar surface area (TPSA) is 40.6 Å². The molecule has 1 aliphatic rings. The van der Waals surface area contributed by atoms with Gasteiger partial charge in [0.25, 0.3) is 0 Å². The van der Waals surface area contributed by atoms with Crippen molar-refractivity contribution < 1.29 is 9.59 Å². The van der Waals surface area contributed by atoms with Gasteiger partial charge in [-0.05, 0) is 7.05 Å². The van der Waals surface area contributed by atoms with Crippen molar-refractivity contribution in [3.8, 4) is 0 Å². The summed E-state index contributed by atoms with van der Waals surface area (Å²) in [4.78, 5) is 25.1.